The summed E-state index contributed by atoms with van der Waals surface area (Å²) in [6.45, 7) is 0. The van der Waals surface area contributed by atoms with Gasteiger partial charge in [0.25, 0.3) is 0 Å². The number of ether oxygens (including phenoxy) is 2. The van der Waals surface area contributed by atoms with Crippen LogP contribution in [-0.4, -0.2) is 39.3 Å². The average Bonchev–Trinajstić information content (AvgIpc) is 3.22. The Morgan fingerprint density at radius 2 is 1.87 bits per heavy atom. The summed E-state index contributed by atoms with van der Waals surface area (Å²) >= 11 is 1.28. The van der Waals surface area contributed by atoms with E-state index in [4.69, 9.17) is 9.47 Å². The van der Waals surface area contributed by atoms with Crippen LogP contribution in [0.3, 0.4) is 0 Å². The highest BCUT2D eigenvalue weighted by Gasteiger charge is 2.16. The maximum absolute atomic E-state index is 12.3. The number of carbonyl (C=O) groups is 1. The Kier molecular flexibility index (Phi) is 7.07. The number of sulfone groups is 1. The molecule has 0 radical (unpaired) electrons. The molecule has 0 aliphatic carbocycles. The lowest BCUT2D eigenvalue weighted by Crippen LogP contribution is -2.14. The van der Waals surface area contributed by atoms with Crippen molar-refractivity contribution in [2.75, 3.05) is 25.3 Å². The number of rotatable bonds is 9. The van der Waals surface area contributed by atoms with Gasteiger partial charge in [-0.25, -0.2) is 13.4 Å². The number of benzene rings is 2. The molecule has 0 saturated carbocycles. The summed E-state index contributed by atoms with van der Waals surface area (Å²) in [5.41, 5.74) is 1.40. The maximum atomic E-state index is 12.3. The summed E-state index contributed by atoms with van der Waals surface area (Å²) in [7, 11) is -0.241. The Morgan fingerprint density at radius 3 is 2.57 bits per heavy atom. The summed E-state index contributed by atoms with van der Waals surface area (Å²) in [5.74, 6) is 0.944. The lowest BCUT2D eigenvalue weighted by Gasteiger charge is -2.08. The van der Waals surface area contributed by atoms with E-state index in [0.717, 1.165) is 5.56 Å². The molecule has 2 aromatic carbocycles. The maximum Gasteiger partial charge on any atom is 0.226 e. The average molecular weight is 447 g/mol. The van der Waals surface area contributed by atoms with E-state index in [1.165, 1.54) is 11.3 Å². The number of hydrogen-bond acceptors (Lipinski definition) is 7. The van der Waals surface area contributed by atoms with Gasteiger partial charge in [0.05, 0.1) is 30.6 Å². The van der Waals surface area contributed by atoms with Crippen molar-refractivity contribution in [2.24, 2.45) is 0 Å². The van der Waals surface area contributed by atoms with Crippen LogP contribution in [0.2, 0.25) is 0 Å². The Bertz CT molecular complexity index is 1110. The highest BCUT2D eigenvalue weighted by Crippen LogP contribution is 2.35. The second-order valence-corrected chi connectivity index (χ2v) is 9.36. The van der Waals surface area contributed by atoms with Gasteiger partial charge in [0, 0.05) is 17.4 Å². The van der Waals surface area contributed by atoms with Gasteiger partial charge in [0.1, 0.15) is 11.5 Å². The van der Waals surface area contributed by atoms with Crippen molar-refractivity contribution < 1.29 is 22.7 Å². The molecule has 0 saturated heterocycles. The number of nitrogens with one attached hydrogen (secondary N) is 1. The largest absolute Gasteiger partial charge is 0.497 e. The summed E-state index contributed by atoms with van der Waals surface area (Å²) in [5, 5.41) is 4.97. The molecule has 9 heteroatoms. The highest BCUT2D eigenvalue weighted by atomic mass is 32.2. The molecule has 0 atom stereocenters. The molecule has 30 heavy (non-hydrogen) atoms. The zero-order valence-electron chi connectivity index (χ0n) is 16.6. The Balaban J connectivity index is 1.59. The van der Waals surface area contributed by atoms with Crippen molar-refractivity contribution in [1.82, 2.24) is 4.98 Å². The third kappa shape index (κ3) is 5.37. The van der Waals surface area contributed by atoms with Gasteiger partial charge >= 0.3 is 0 Å². The van der Waals surface area contributed by atoms with Gasteiger partial charge in [-0.1, -0.05) is 18.2 Å². The van der Waals surface area contributed by atoms with Crippen molar-refractivity contribution in [3.8, 4) is 22.8 Å². The van der Waals surface area contributed by atoms with Crippen LogP contribution in [0.15, 0.2) is 58.8 Å². The van der Waals surface area contributed by atoms with E-state index in [-0.39, 0.29) is 29.4 Å². The fourth-order valence-electron chi connectivity index (χ4n) is 2.82. The van der Waals surface area contributed by atoms with E-state index in [9.17, 15) is 13.2 Å². The zero-order chi connectivity index (χ0) is 21.6. The highest BCUT2D eigenvalue weighted by molar-refractivity contribution is 7.91. The van der Waals surface area contributed by atoms with Gasteiger partial charge in [-0.2, -0.15) is 0 Å². The van der Waals surface area contributed by atoms with Gasteiger partial charge in [0.15, 0.2) is 15.0 Å². The van der Waals surface area contributed by atoms with Crippen LogP contribution in [0.4, 0.5) is 5.13 Å². The van der Waals surface area contributed by atoms with Crippen LogP contribution in [0, 0.1) is 0 Å². The summed E-state index contributed by atoms with van der Waals surface area (Å²) < 4.78 is 35.2. The minimum Gasteiger partial charge on any atom is -0.497 e. The molecule has 1 aromatic heterocycles. The number of methoxy groups -OCH3 is 2. The van der Waals surface area contributed by atoms with E-state index in [2.05, 4.69) is 10.3 Å². The Labute approximate surface area is 179 Å². The van der Waals surface area contributed by atoms with Crippen LogP contribution in [-0.2, 0) is 14.6 Å². The topological polar surface area (TPSA) is 94.6 Å². The summed E-state index contributed by atoms with van der Waals surface area (Å²) in [6.07, 6.45) is 0.314. The second-order valence-electron chi connectivity index (χ2n) is 6.39. The standard InChI is InChI=1S/C21H22N2O5S2/c1-27-15-10-11-19(28-2)17(13-15)18-14-29-21(22-18)23-20(24)9-6-12-30(25,26)16-7-4-3-5-8-16/h3-5,7-8,10-11,13-14H,6,9,12H2,1-2H3,(H,22,23,24). The first-order chi connectivity index (χ1) is 14.4. The van der Waals surface area contributed by atoms with Crippen molar-refractivity contribution in [1.29, 1.82) is 0 Å². The number of thiazole rings is 1. The van der Waals surface area contributed by atoms with Gasteiger partial charge in [-0.15, -0.1) is 11.3 Å². The first-order valence-electron chi connectivity index (χ1n) is 9.18. The normalized spacial score (nSPS) is 11.1. The van der Waals surface area contributed by atoms with Crippen LogP contribution in [0.5, 0.6) is 11.5 Å². The number of amides is 1. The monoisotopic (exact) mass is 446 g/mol. The van der Waals surface area contributed by atoms with Gasteiger partial charge in [0.2, 0.25) is 5.91 Å². The van der Waals surface area contributed by atoms with Crippen LogP contribution < -0.4 is 14.8 Å². The molecule has 0 unspecified atom stereocenters. The molecule has 0 aliphatic heterocycles. The molecule has 0 aliphatic rings. The summed E-state index contributed by atoms with van der Waals surface area (Å²) in [4.78, 5) is 16.9. The molecule has 1 N–H and O–H groups in total. The van der Waals surface area contributed by atoms with E-state index in [1.54, 1.807) is 56.7 Å². The van der Waals surface area contributed by atoms with Gasteiger partial charge in [-0.05, 0) is 36.8 Å². The Morgan fingerprint density at radius 1 is 1.10 bits per heavy atom. The summed E-state index contributed by atoms with van der Waals surface area (Å²) in [6, 6.07) is 13.6. The molecule has 7 nitrogen and oxygen atoms in total. The van der Waals surface area contributed by atoms with E-state index >= 15 is 0 Å². The van der Waals surface area contributed by atoms with Gasteiger partial charge in [-0.3, -0.25) is 4.79 Å². The minimum atomic E-state index is -3.39. The first-order valence-corrected chi connectivity index (χ1v) is 11.7. The fourth-order valence-corrected chi connectivity index (χ4v) is 4.88. The number of aromatic nitrogens is 1. The minimum absolute atomic E-state index is 0.0868. The number of nitrogens with zero attached hydrogens (tertiary/aromatic N) is 1. The van der Waals surface area contributed by atoms with Crippen molar-refractivity contribution in [2.45, 2.75) is 17.7 Å². The molecule has 0 spiro atoms. The van der Waals surface area contributed by atoms with Crippen LogP contribution in [0.1, 0.15) is 12.8 Å². The first kappa shape index (κ1) is 21.8. The van der Waals surface area contributed by atoms with Crippen molar-refractivity contribution >= 4 is 32.2 Å². The number of carbonyl (C=O) groups excluding carboxylic acids is 1. The number of hydrogen-bond donors (Lipinski definition) is 1. The molecule has 3 aromatic rings. The molecule has 1 amide bonds. The molecule has 1 heterocycles. The van der Waals surface area contributed by atoms with E-state index < -0.39 is 9.84 Å². The smallest absolute Gasteiger partial charge is 0.226 e. The predicted molar refractivity (Wildman–Crippen MR) is 117 cm³/mol. The van der Waals surface area contributed by atoms with Crippen molar-refractivity contribution in [3.63, 3.8) is 0 Å². The molecular formula is C21H22N2O5S2. The lowest BCUT2D eigenvalue weighted by atomic mass is 10.1. The SMILES string of the molecule is COc1ccc(OC)c(-c2csc(NC(=O)CCCS(=O)(=O)c3ccccc3)n2)c1. The lowest BCUT2D eigenvalue weighted by molar-refractivity contribution is -0.116. The van der Waals surface area contributed by atoms with E-state index in [0.29, 0.717) is 22.3 Å². The third-order valence-electron chi connectivity index (χ3n) is 4.35. The zero-order valence-corrected chi connectivity index (χ0v) is 18.3. The van der Waals surface area contributed by atoms with Crippen molar-refractivity contribution in [3.05, 3.63) is 53.9 Å². The van der Waals surface area contributed by atoms with Crippen LogP contribution in [0.25, 0.3) is 11.3 Å². The third-order valence-corrected chi connectivity index (χ3v) is 6.93. The molecular weight excluding hydrogens is 424 g/mol. The molecule has 0 fully saturated rings. The quantitative estimate of drug-likeness (QED) is 0.533. The number of anilines is 1. The molecule has 3 rings (SSSR count). The fraction of sp³-hybridized carbons (Fsp3) is 0.238. The van der Waals surface area contributed by atoms with E-state index in [1.807, 2.05) is 11.4 Å². The predicted octanol–water partition coefficient (Wildman–Crippen LogP) is 4.02. The molecule has 158 valence electrons. The Hall–Kier alpha value is -2.91. The molecule has 0 bridgehead atoms. The second kappa shape index (κ2) is 9.73. The van der Waals surface area contributed by atoms with Crippen LogP contribution >= 0.6 is 11.3 Å². The van der Waals surface area contributed by atoms with Gasteiger partial charge < -0.3 is 14.8 Å².